The third-order valence-electron chi connectivity index (χ3n) is 2.98. The van der Waals surface area contributed by atoms with E-state index in [1.54, 1.807) is 0 Å². The number of hydrogen-bond donors (Lipinski definition) is 1. The third kappa shape index (κ3) is 3.81. The van der Waals surface area contributed by atoms with Crippen LogP contribution in [0.1, 0.15) is 33.1 Å². The van der Waals surface area contributed by atoms with Gasteiger partial charge in [-0.2, -0.15) is 0 Å². The molecule has 0 aromatic rings. The average molecular weight is 196 g/mol. The Morgan fingerprint density at radius 1 is 1.50 bits per heavy atom. The molecule has 1 fully saturated rings. The fraction of sp³-hybridized carbons (Fsp3) is 0.833. The number of nitrogens with zero attached hydrogens (tertiary/aromatic N) is 1. The molecule has 82 valence electrons. The highest BCUT2D eigenvalue weighted by Gasteiger charge is 2.22. The van der Waals surface area contributed by atoms with Gasteiger partial charge in [-0.1, -0.05) is 19.9 Å². The summed E-state index contributed by atoms with van der Waals surface area (Å²) in [7, 11) is 0. The first-order valence-corrected chi connectivity index (χ1v) is 5.90. The quantitative estimate of drug-likeness (QED) is 0.598. The van der Waals surface area contributed by atoms with Gasteiger partial charge in [-0.05, 0) is 25.8 Å². The fourth-order valence-corrected chi connectivity index (χ4v) is 1.82. The minimum absolute atomic E-state index is 0.679. The van der Waals surface area contributed by atoms with E-state index in [2.05, 4.69) is 30.6 Å². The van der Waals surface area contributed by atoms with Crippen LogP contribution in [0.15, 0.2) is 12.7 Å². The lowest BCUT2D eigenvalue weighted by molar-refractivity contribution is 0.216. The molecule has 1 aliphatic rings. The van der Waals surface area contributed by atoms with Crippen molar-refractivity contribution in [1.82, 2.24) is 10.2 Å². The summed E-state index contributed by atoms with van der Waals surface area (Å²) < 4.78 is 0. The third-order valence-corrected chi connectivity index (χ3v) is 2.98. The molecule has 14 heavy (non-hydrogen) atoms. The topological polar surface area (TPSA) is 15.3 Å². The average Bonchev–Trinajstić information content (AvgIpc) is 3.00. The Hall–Kier alpha value is -0.340. The molecule has 0 heterocycles. The zero-order chi connectivity index (χ0) is 10.4. The molecule has 0 amide bonds. The molecule has 0 bridgehead atoms. The van der Waals surface area contributed by atoms with Crippen LogP contribution in [0.2, 0.25) is 0 Å². The van der Waals surface area contributed by atoms with Gasteiger partial charge >= 0.3 is 0 Å². The Morgan fingerprint density at radius 2 is 2.21 bits per heavy atom. The fourth-order valence-electron chi connectivity index (χ4n) is 1.82. The van der Waals surface area contributed by atoms with E-state index < -0.39 is 0 Å². The maximum absolute atomic E-state index is 3.81. The number of likely N-dealkylation sites (N-methyl/N-ethyl adjacent to an activating group) is 1. The molecule has 0 aromatic carbocycles. The lowest BCUT2D eigenvalue weighted by Gasteiger charge is -2.29. The summed E-state index contributed by atoms with van der Waals surface area (Å²) >= 11 is 0. The van der Waals surface area contributed by atoms with E-state index in [0.717, 1.165) is 25.7 Å². The maximum atomic E-state index is 3.81. The molecule has 1 unspecified atom stereocenters. The summed E-state index contributed by atoms with van der Waals surface area (Å²) in [5.74, 6) is 0. The molecule has 0 saturated heterocycles. The molecule has 1 saturated carbocycles. The van der Waals surface area contributed by atoms with Crippen LogP contribution in [-0.2, 0) is 0 Å². The first-order valence-electron chi connectivity index (χ1n) is 5.90. The van der Waals surface area contributed by atoms with Gasteiger partial charge < -0.3 is 5.32 Å². The Balaban J connectivity index is 2.27. The summed E-state index contributed by atoms with van der Waals surface area (Å²) in [6.45, 7) is 11.6. The van der Waals surface area contributed by atoms with Gasteiger partial charge in [-0.25, -0.2) is 0 Å². The Morgan fingerprint density at radius 3 is 2.64 bits per heavy atom. The standard InChI is InChI=1S/C12H24N2/c1-4-9-14(6-3)12(5-2)10-13-11-7-8-11/h4,11-13H,1,5-10H2,2-3H3. The van der Waals surface area contributed by atoms with Crippen molar-refractivity contribution in [3.05, 3.63) is 12.7 Å². The summed E-state index contributed by atoms with van der Waals surface area (Å²) in [6.07, 6.45) is 5.98. The van der Waals surface area contributed by atoms with Crippen LogP contribution in [0, 0.1) is 0 Å². The zero-order valence-electron chi connectivity index (χ0n) is 9.63. The van der Waals surface area contributed by atoms with Gasteiger partial charge in [-0.15, -0.1) is 6.58 Å². The Labute approximate surface area is 88.4 Å². The van der Waals surface area contributed by atoms with E-state index in [1.807, 2.05) is 6.08 Å². The molecule has 2 heteroatoms. The van der Waals surface area contributed by atoms with Crippen molar-refractivity contribution >= 4 is 0 Å². The van der Waals surface area contributed by atoms with Gasteiger partial charge in [-0.3, -0.25) is 4.90 Å². The Kier molecular flexibility index (Phi) is 5.20. The molecule has 0 radical (unpaired) electrons. The monoisotopic (exact) mass is 196 g/mol. The van der Waals surface area contributed by atoms with Crippen LogP contribution in [0.25, 0.3) is 0 Å². The van der Waals surface area contributed by atoms with Crippen LogP contribution in [0.4, 0.5) is 0 Å². The second-order valence-corrected chi connectivity index (χ2v) is 4.12. The smallest absolute Gasteiger partial charge is 0.0221 e. The van der Waals surface area contributed by atoms with Crippen LogP contribution in [0.3, 0.4) is 0 Å². The number of hydrogen-bond acceptors (Lipinski definition) is 2. The molecule has 1 aliphatic carbocycles. The minimum atomic E-state index is 0.679. The van der Waals surface area contributed by atoms with E-state index in [4.69, 9.17) is 0 Å². The normalized spacial score (nSPS) is 18.5. The molecule has 0 aliphatic heterocycles. The van der Waals surface area contributed by atoms with E-state index >= 15 is 0 Å². The number of rotatable bonds is 8. The van der Waals surface area contributed by atoms with E-state index in [0.29, 0.717) is 6.04 Å². The highest BCUT2D eigenvalue weighted by Crippen LogP contribution is 2.19. The lowest BCUT2D eigenvalue weighted by Crippen LogP contribution is -2.42. The lowest BCUT2D eigenvalue weighted by atomic mass is 10.2. The van der Waals surface area contributed by atoms with Crippen molar-refractivity contribution in [2.45, 2.75) is 45.2 Å². The van der Waals surface area contributed by atoms with Gasteiger partial charge in [0.15, 0.2) is 0 Å². The van der Waals surface area contributed by atoms with E-state index in [-0.39, 0.29) is 0 Å². The first-order chi connectivity index (χ1) is 6.81. The largest absolute Gasteiger partial charge is 0.312 e. The highest BCUT2D eigenvalue weighted by atomic mass is 15.2. The van der Waals surface area contributed by atoms with Gasteiger partial charge in [0.05, 0.1) is 0 Å². The van der Waals surface area contributed by atoms with Crippen LogP contribution in [-0.4, -0.2) is 36.6 Å². The second kappa shape index (κ2) is 6.20. The zero-order valence-corrected chi connectivity index (χ0v) is 9.63. The molecule has 0 spiro atoms. The highest BCUT2D eigenvalue weighted by molar-refractivity contribution is 4.85. The second-order valence-electron chi connectivity index (χ2n) is 4.12. The SMILES string of the molecule is C=CCN(CC)C(CC)CNC1CC1. The minimum Gasteiger partial charge on any atom is -0.312 e. The predicted molar refractivity (Wildman–Crippen MR) is 62.5 cm³/mol. The van der Waals surface area contributed by atoms with E-state index in [9.17, 15) is 0 Å². The molecule has 0 aromatic heterocycles. The number of nitrogens with one attached hydrogen (secondary N) is 1. The molecule has 1 atom stereocenters. The molecule has 1 rings (SSSR count). The molecular formula is C12H24N2. The predicted octanol–water partition coefficient (Wildman–Crippen LogP) is 2.02. The van der Waals surface area contributed by atoms with Crippen molar-refractivity contribution < 1.29 is 0 Å². The van der Waals surface area contributed by atoms with E-state index in [1.165, 1.54) is 19.3 Å². The van der Waals surface area contributed by atoms with Crippen LogP contribution in [0.5, 0.6) is 0 Å². The molecular weight excluding hydrogens is 172 g/mol. The van der Waals surface area contributed by atoms with Crippen molar-refractivity contribution in [3.63, 3.8) is 0 Å². The van der Waals surface area contributed by atoms with Crippen LogP contribution < -0.4 is 5.32 Å². The van der Waals surface area contributed by atoms with Crippen molar-refractivity contribution in [3.8, 4) is 0 Å². The first kappa shape index (κ1) is 11.7. The molecule has 2 nitrogen and oxygen atoms in total. The van der Waals surface area contributed by atoms with Gasteiger partial charge in [0.1, 0.15) is 0 Å². The summed E-state index contributed by atoms with van der Waals surface area (Å²) in [4.78, 5) is 2.49. The summed E-state index contributed by atoms with van der Waals surface area (Å²) in [5.41, 5.74) is 0. The van der Waals surface area contributed by atoms with Crippen molar-refractivity contribution in [2.75, 3.05) is 19.6 Å². The molecule has 1 N–H and O–H groups in total. The summed E-state index contributed by atoms with van der Waals surface area (Å²) in [6, 6.07) is 1.50. The van der Waals surface area contributed by atoms with Crippen molar-refractivity contribution in [1.29, 1.82) is 0 Å². The maximum Gasteiger partial charge on any atom is 0.0221 e. The van der Waals surface area contributed by atoms with Gasteiger partial charge in [0.25, 0.3) is 0 Å². The Bertz CT molecular complexity index is 164. The van der Waals surface area contributed by atoms with Crippen LogP contribution >= 0.6 is 0 Å². The van der Waals surface area contributed by atoms with Gasteiger partial charge in [0, 0.05) is 25.2 Å². The van der Waals surface area contributed by atoms with Gasteiger partial charge in [0.2, 0.25) is 0 Å². The summed E-state index contributed by atoms with van der Waals surface area (Å²) in [5, 5.41) is 3.60. The van der Waals surface area contributed by atoms with Crippen molar-refractivity contribution in [2.24, 2.45) is 0 Å².